The van der Waals surface area contributed by atoms with Gasteiger partial charge in [0.25, 0.3) is 0 Å². The van der Waals surface area contributed by atoms with E-state index in [0.717, 1.165) is 107 Å². The van der Waals surface area contributed by atoms with E-state index in [1.54, 1.807) is 0 Å². The molecule has 4 saturated carbocycles. The van der Waals surface area contributed by atoms with Crippen LogP contribution >= 0.6 is 37.2 Å². The summed E-state index contributed by atoms with van der Waals surface area (Å²) >= 11 is 4.24. The van der Waals surface area contributed by atoms with E-state index in [0.29, 0.717) is 0 Å². The maximum Gasteiger partial charge on any atom is 0 e. The van der Waals surface area contributed by atoms with E-state index in [9.17, 15) is 0 Å². The highest BCUT2D eigenvalue weighted by Gasteiger charge is 2.45. The van der Waals surface area contributed by atoms with Gasteiger partial charge >= 0.3 is 0 Å². The number of halogens is 2. The Bertz CT molecular complexity index is 691. The molecule has 0 spiro atoms. The molecule has 0 aliphatic heterocycles. The van der Waals surface area contributed by atoms with Gasteiger partial charge in [0.05, 0.1) is 0 Å². The molecule has 0 radical (unpaired) electrons. The molecule has 0 aromatic carbocycles. The Morgan fingerprint density at radius 3 is 0.792 bits per heavy atom. The third kappa shape index (κ3) is 21.3. The summed E-state index contributed by atoms with van der Waals surface area (Å²) in [5.74, 6) is 17.1. The van der Waals surface area contributed by atoms with Crippen molar-refractivity contribution in [1.29, 1.82) is 0 Å². The Kier molecular flexibility index (Phi) is 40.8. The van der Waals surface area contributed by atoms with E-state index in [2.05, 4.69) is 176 Å². The molecular weight excluding hydrogens is 866 g/mol. The van der Waals surface area contributed by atoms with Gasteiger partial charge in [-0.3, -0.25) is 0 Å². The molecule has 4 aliphatic rings. The Morgan fingerprint density at radius 1 is 0.340 bits per heavy atom. The highest BCUT2D eigenvalue weighted by molar-refractivity contribution is 15.0. The standard InChI is InChI=1S/C18H34.C10H20.C9H18.C7H16.C3H8.2C2H6.I2/c1-10-8-17(14(5)11(10)2)9-18-15(6)12(3)13(4)16(18)7;1-6-7(2)9(4)10(5)8(6)3;1-6-5-7(2)9(4)8(6)3;1-3-5-7-6-4-2;1-3-2;3*1-2/h10-18H,8-9H2,1-7H3;6-10H,1-5H3;6-9H,5H2,1-4H3;3-7H2,1-2H3;3H2,1-2H3;2*1-2H3;. The van der Waals surface area contributed by atoms with Gasteiger partial charge in [-0.2, -0.15) is 0 Å². The zero-order valence-electron chi connectivity index (χ0n) is 41.5. The molecule has 2 heteroatoms. The van der Waals surface area contributed by atoms with Gasteiger partial charge in [0.1, 0.15) is 0 Å². The van der Waals surface area contributed by atoms with Crippen LogP contribution in [0, 0.1) is 107 Å². The molecule has 0 saturated heterocycles. The Hall–Kier alpha value is 1.46. The summed E-state index contributed by atoms with van der Waals surface area (Å²) in [5, 5.41) is 0. The molecule has 0 amide bonds. The van der Waals surface area contributed by atoms with Crippen molar-refractivity contribution in [2.24, 2.45) is 107 Å². The van der Waals surface area contributed by atoms with Crippen LogP contribution in [0.1, 0.15) is 224 Å². The lowest BCUT2D eigenvalue weighted by Gasteiger charge is -2.27. The van der Waals surface area contributed by atoms with Gasteiger partial charge in [0.15, 0.2) is 0 Å². The molecular formula is C51H108I2. The maximum atomic E-state index is 2.52. The predicted molar refractivity (Wildman–Crippen MR) is 269 cm³/mol. The first-order valence-electron chi connectivity index (χ1n) is 24.0. The van der Waals surface area contributed by atoms with Gasteiger partial charge in [-0.25, -0.2) is 0 Å². The third-order valence-electron chi connectivity index (χ3n) is 16.3. The minimum absolute atomic E-state index is 0.927. The van der Waals surface area contributed by atoms with Gasteiger partial charge in [0.2, 0.25) is 0 Å². The smallest absolute Gasteiger partial charge is 0 e. The highest BCUT2D eigenvalue weighted by Crippen LogP contribution is 2.52. The minimum atomic E-state index is 0.927. The average Bonchev–Trinajstić information content (AvgIpc) is 3.68. The summed E-state index contributed by atoms with van der Waals surface area (Å²) in [6, 6.07) is 0. The SMILES string of the molecule is CC.CC.CC1C(C)C(C)C(C)C1C.CC1CC(C)C(C)C1C.CC1CC(CC2C(C)C(C)C(C)C2C)C(C)C1C.CCC.CCCCCCC.II. The van der Waals surface area contributed by atoms with Crippen molar-refractivity contribution >= 4 is 37.2 Å². The van der Waals surface area contributed by atoms with Gasteiger partial charge in [-0.05, 0) is 126 Å². The van der Waals surface area contributed by atoms with Crippen molar-refractivity contribution in [2.75, 3.05) is 0 Å². The van der Waals surface area contributed by atoms with E-state index < -0.39 is 0 Å². The molecule has 0 heterocycles. The first-order valence-corrected chi connectivity index (χ1v) is 30.3. The van der Waals surface area contributed by atoms with Gasteiger partial charge in [-0.1, -0.05) is 205 Å². The highest BCUT2D eigenvalue weighted by atomic mass is 128. The maximum absolute atomic E-state index is 2.52. The van der Waals surface area contributed by atoms with Crippen LogP contribution in [0.5, 0.6) is 0 Å². The van der Waals surface area contributed by atoms with Crippen LogP contribution in [0.15, 0.2) is 0 Å². The molecule has 0 aromatic heterocycles. The Labute approximate surface area is 365 Å². The number of hydrogen-bond donors (Lipinski definition) is 0. The normalized spacial score (nSPS) is 40.6. The Balaban J connectivity index is -0.000000296. The van der Waals surface area contributed by atoms with Crippen molar-refractivity contribution < 1.29 is 0 Å². The van der Waals surface area contributed by atoms with Gasteiger partial charge < -0.3 is 0 Å². The molecule has 12 atom stereocenters. The van der Waals surface area contributed by atoms with Crippen LogP contribution < -0.4 is 0 Å². The number of unbranched alkanes of at least 4 members (excludes halogenated alkanes) is 4. The fraction of sp³-hybridized carbons (Fsp3) is 1.00. The average molecular weight is 975 g/mol. The van der Waals surface area contributed by atoms with Crippen LogP contribution in [0.4, 0.5) is 0 Å². The van der Waals surface area contributed by atoms with E-state index in [1.165, 1.54) is 57.8 Å². The fourth-order valence-electron chi connectivity index (χ4n) is 10.3. The summed E-state index contributed by atoms with van der Waals surface area (Å²) in [6.07, 6.45) is 12.7. The second kappa shape index (κ2) is 35.4. The molecule has 4 fully saturated rings. The zero-order valence-corrected chi connectivity index (χ0v) is 45.8. The molecule has 0 bridgehead atoms. The first-order chi connectivity index (χ1) is 24.8. The quantitative estimate of drug-likeness (QED) is 0.184. The minimum Gasteiger partial charge on any atom is -0.0683 e. The van der Waals surface area contributed by atoms with E-state index in [-0.39, 0.29) is 0 Å². The first kappa shape index (κ1) is 61.1. The van der Waals surface area contributed by atoms with E-state index >= 15 is 0 Å². The predicted octanol–water partition coefficient (Wildman–Crippen LogP) is 19.8. The van der Waals surface area contributed by atoms with Crippen LogP contribution in [-0.2, 0) is 0 Å². The molecule has 0 aromatic rings. The van der Waals surface area contributed by atoms with Crippen LogP contribution in [0.3, 0.4) is 0 Å². The van der Waals surface area contributed by atoms with Gasteiger partial charge in [-0.15, -0.1) is 0 Å². The summed E-state index contributed by atoms with van der Waals surface area (Å²) in [4.78, 5) is 0. The van der Waals surface area contributed by atoms with E-state index in [4.69, 9.17) is 0 Å². The summed E-state index contributed by atoms with van der Waals surface area (Å²) in [5.41, 5.74) is 0. The Morgan fingerprint density at radius 2 is 0.585 bits per heavy atom. The monoisotopic (exact) mass is 975 g/mol. The second-order valence-corrected chi connectivity index (χ2v) is 19.0. The zero-order chi connectivity index (χ0) is 42.8. The molecule has 4 rings (SSSR count). The molecule has 4 aliphatic carbocycles. The van der Waals surface area contributed by atoms with Crippen LogP contribution in [-0.4, -0.2) is 0 Å². The van der Waals surface area contributed by atoms with Crippen molar-refractivity contribution in [3.05, 3.63) is 0 Å². The third-order valence-corrected chi connectivity index (χ3v) is 16.3. The van der Waals surface area contributed by atoms with Crippen LogP contribution in [0.25, 0.3) is 0 Å². The summed E-state index contributed by atoms with van der Waals surface area (Å²) in [7, 11) is 0. The van der Waals surface area contributed by atoms with Crippen molar-refractivity contribution in [3.63, 3.8) is 0 Å². The number of hydrogen-bond acceptors (Lipinski definition) is 0. The van der Waals surface area contributed by atoms with Crippen LogP contribution in [0.2, 0.25) is 0 Å². The van der Waals surface area contributed by atoms with Gasteiger partial charge in [0, 0.05) is 37.2 Å². The molecule has 326 valence electrons. The molecule has 0 N–H and O–H groups in total. The lowest BCUT2D eigenvalue weighted by molar-refractivity contribution is 0.218. The lowest BCUT2D eigenvalue weighted by Crippen LogP contribution is -2.20. The fourth-order valence-corrected chi connectivity index (χ4v) is 10.3. The van der Waals surface area contributed by atoms with Crippen molar-refractivity contribution in [2.45, 2.75) is 224 Å². The van der Waals surface area contributed by atoms with Crippen molar-refractivity contribution in [3.8, 4) is 0 Å². The topological polar surface area (TPSA) is 0 Å². The van der Waals surface area contributed by atoms with E-state index in [1.807, 2.05) is 27.7 Å². The summed E-state index contributed by atoms with van der Waals surface area (Å²) in [6.45, 7) is 55.7. The lowest BCUT2D eigenvalue weighted by atomic mass is 9.78. The molecule has 0 nitrogen and oxygen atoms in total. The number of rotatable bonds is 6. The summed E-state index contributed by atoms with van der Waals surface area (Å²) < 4.78 is 0. The van der Waals surface area contributed by atoms with Crippen molar-refractivity contribution in [1.82, 2.24) is 0 Å². The molecule has 12 unspecified atom stereocenters. The largest absolute Gasteiger partial charge is 0.0683 e. The molecule has 53 heavy (non-hydrogen) atoms. The second-order valence-electron chi connectivity index (χ2n) is 19.0.